The second-order valence-corrected chi connectivity index (χ2v) is 4.81. The van der Waals surface area contributed by atoms with Crippen LogP contribution in [0.15, 0.2) is 24.3 Å². The van der Waals surface area contributed by atoms with E-state index in [0.717, 1.165) is 44.6 Å². The van der Waals surface area contributed by atoms with Gasteiger partial charge in [-0.15, -0.1) is 0 Å². The first-order valence-corrected chi connectivity index (χ1v) is 7.45. The normalized spacial score (nSPS) is 10.3. The van der Waals surface area contributed by atoms with Crippen LogP contribution < -0.4 is 15.4 Å². The van der Waals surface area contributed by atoms with Gasteiger partial charge in [0.2, 0.25) is 0 Å². The lowest BCUT2D eigenvalue weighted by atomic mass is 10.2. The van der Waals surface area contributed by atoms with E-state index in [1.54, 1.807) is 0 Å². The number of carbonyl (C=O) groups is 1. The van der Waals surface area contributed by atoms with Gasteiger partial charge in [-0.3, -0.25) is 4.79 Å². The highest BCUT2D eigenvalue weighted by molar-refractivity contribution is 5.77. The number of ether oxygens (including phenoxy) is 1. The molecule has 0 spiro atoms. The SMILES string of the molecule is CCCCNC(=O)COc1ccc(CNCCC)cc1. The van der Waals surface area contributed by atoms with Gasteiger partial charge >= 0.3 is 0 Å². The van der Waals surface area contributed by atoms with Crippen LogP contribution in [0.4, 0.5) is 0 Å². The van der Waals surface area contributed by atoms with Gasteiger partial charge in [-0.05, 0) is 37.1 Å². The van der Waals surface area contributed by atoms with Crippen molar-refractivity contribution in [3.8, 4) is 5.75 Å². The summed E-state index contributed by atoms with van der Waals surface area (Å²) in [6.45, 7) is 6.94. The van der Waals surface area contributed by atoms with Gasteiger partial charge in [0.1, 0.15) is 5.75 Å². The summed E-state index contributed by atoms with van der Waals surface area (Å²) in [5.41, 5.74) is 1.22. The molecule has 0 fully saturated rings. The smallest absolute Gasteiger partial charge is 0.257 e. The second-order valence-electron chi connectivity index (χ2n) is 4.81. The van der Waals surface area contributed by atoms with E-state index in [9.17, 15) is 4.79 Å². The molecule has 0 aliphatic heterocycles. The summed E-state index contributed by atoms with van der Waals surface area (Å²) in [4.78, 5) is 11.5. The molecule has 0 unspecified atom stereocenters. The largest absolute Gasteiger partial charge is 0.484 e. The van der Waals surface area contributed by atoms with E-state index in [1.807, 2.05) is 24.3 Å². The van der Waals surface area contributed by atoms with Crippen LogP contribution in [0.1, 0.15) is 38.7 Å². The minimum atomic E-state index is -0.0628. The standard InChI is InChI=1S/C16H26N2O2/c1-3-5-11-18-16(19)13-20-15-8-6-14(7-9-15)12-17-10-4-2/h6-9,17H,3-5,10-13H2,1-2H3,(H,18,19). The zero-order chi connectivity index (χ0) is 14.6. The van der Waals surface area contributed by atoms with Crippen LogP contribution in [-0.4, -0.2) is 25.6 Å². The van der Waals surface area contributed by atoms with Crippen LogP contribution in [0.3, 0.4) is 0 Å². The maximum atomic E-state index is 11.5. The van der Waals surface area contributed by atoms with E-state index in [1.165, 1.54) is 5.56 Å². The predicted molar refractivity (Wildman–Crippen MR) is 81.9 cm³/mol. The summed E-state index contributed by atoms with van der Waals surface area (Å²) in [5.74, 6) is 0.669. The molecule has 1 aromatic rings. The number of benzene rings is 1. The zero-order valence-electron chi connectivity index (χ0n) is 12.6. The Bertz CT molecular complexity index is 377. The number of rotatable bonds is 10. The third-order valence-corrected chi connectivity index (χ3v) is 2.90. The lowest BCUT2D eigenvalue weighted by Crippen LogP contribution is -2.29. The molecule has 4 nitrogen and oxygen atoms in total. The van der Waals surface area contributed by atoms with Crippen molar-refractivity contribution in [3.05, 3.63) is 29.8 Å². The summed E-state index contributed by atoms with van der Waals surface area (Å²) in [6, 6.07) is 7.85. The van der Waals surface area contributed by atoms with Crippen LogP contribution >= 0.6 is 0 Å². The molecule has 112 valence electrons. The second kappa shape index (κ2) is 10.3. The lowest BCUT2D eigenvalue weighted by molar-refractivity contribution is -0.123. The van der Waals surface area contributed by atoms with E-state index < -0.39 is 0 Å². The van der Waals surface area contributed by atoms with Gasteiger partial charge in [0.15, 0.2) is 6.61 Å². The van der Waals surface area contributed by atoms with Crippen LogP contribution in [-0.2, 0) is 11.3 Å². The molecule has 1 aromatic carbocycles. The fraction of sp³-hybridized carbons (Fsp3) is 0.562. The number of carbonyl (C=O) groups excluding carboxylic acids is 1. The van der Waals surface area contributed by atoms with Crippen molar-refractivity contribution in [2.45, 2.75) is 39.7 Å². The first kappa shape index (κ1) is 16.5. The van der Waals surface area contributed by atoms with Crippen molar-refractivity contribution in [1.29, 1.82) is 0 Å². The van der Waals surface area contributed by atoms with Crippen LogP contribution in [0, 0.1) is 0 Å². The summed E-state index contributed by atoms with van der Waals surface area (Å²) in [6.07, 6.45) is 3.22. The zero-order valence-corrected chi connectivity index (χ0v) is 12.6. The van der Waals surface area contributed by atoms with E-state index in [-0.39, 0.29) is 12.5 Å². The fourth-order valence-corrected chi connectivity index (χ4v) is 1.72. The third kappa shape index (κ3) is 7.14. The fourth-order valence-electron chi connectivity index (χ4n) is 1.72. The molecule has 0 radical (unpaired) electrons. The third-order valence-electron chi connectivity index (χ3n) is 2.90. The van der Waals surface area contributed by atoms with Gasteiger partial charge in [0, 0.05) is 13.1 Å². The molecular weight excluding hydrogens is 252 g/mol. The quantitative estimate of drug-likeness (QED) is 0.646. The Morgan fingerprint density at radius 1 is 1.10 bits per heavy atom. The van der Waals surface area contributed by atoms with E-state index in [2.05, 4.69) is 24.5 Å². The first-order valence-electron chi connectivity index (χ1n) is 7.45. The van der Waals surface area contributed by atoms with Gasteiger partial charge in [0.25, 0.3) is 5.91 Å². The highest BCUT2D eigenvalue weighted by Crippen LogP contribution is 2.11. The Labute approximate surface area is 121 Å². The molecule has 4 heteroatoms. The maximum Gasteiger partial charge on any atom is 0.257 e. The first-order chi connectivity index (χ1) is 9.76. The van der Waals surface area contributed by atoms with Gasteiger partial charge in [-0.1, -0.05) is 32.4 Å². The van der Waals surface area contributed by atoms with Crippen molar-refractivity contribution in [1.82, 2.24) is 10.6 Å². The van der Waals surface area contributed by atoms with E-state index in [4.69, 9.17) is 4.74 Å². The van der Waals surface area contributed by atoms with Gasteiger partial charge < -0.3 is 15.4 Å². The molecule has 1 amide bonds. The monoisotopic (exact) mass is 278 g/mol. The molecule has 20 heavy (non-hydrogen) atoms. The average molecular weight is 278 g/mol. The number of hydrogen-bond donors (Lipinski definition) is 2. The minimum absolute atomic E-state index is 0.0628. The topological polar surface area (TPSA) is 50.4 Å². The molecule has 2 N–H and O–H groups in total. The van der Waals surface area contributed by atoms with Gasteiger partial charge in [-0.25, -0.2) is 0 Å². The van der Waals surface area contributed by atoms with Crippen molar-refractivity contribution in [2.24, 2.45) is 0 Å². The molecule has 0 aliphatic carbocycles. The van der Waals surface area contributed by atoms with Crippen molar-refractivity contribution in [3.63, 3.8) is 0 Å². The summed E-state index contributed by atoms with van der Waals surface area (Å²) in [7, 11) is 0. The van der Waals surface area contributed by atoms with Crippen molar-refractivity contribution in [2.75, 3.05) is 19.7 Å². The number of nitrogens with one attached hydrogen (secondary N) is 2. The summed E-state index contributed by atoms with van der Waals surface area (Å²) < 4.78 is 5.45. The highest BCUT2D eigenvalue weighted by atomic mass is 16.5. The van der Waals surface area contributed by atoms with Gasteiger partial charge in [0.05, 0.1) is 0 Å². The Hall–Kier alpha value is -1.55. The predicted octanol–water partition coefficient (Wildman–Crippen LogP) is 2.48. The number of amides is 1. The molecule has 0 heterocycles. The Morgan fingerprint density at radius 3 is 2.50 bits per heavy atom. The molecule has 0 atom stereocenters. The minimum Gasteiger partial charge on any atom is -0.484 e. The highest BCUT2D eigenvalue weighted by Gasteiger charge is 2.02. The average Bonchev–Trinajstić information content (AvgIpc) is 2.47. The number of unbranched alkanes of at least 4 members (excludes halogenated alkanes) is 1. The Balaban J connectivity index is 2.25. The number of hydrogen-bond acceptors (Lipinski definition) is 3. The summed E-state index contributed by atoms with van der Waals surface area (Å²) in [5, 5.41) is 6.17. The van der Waals surface area contributed by atoms with E-state index in [0.29, 0.717) is 0 Å². The molecule has 1 rings (SSSR count). The molecule has 0 aliphatic rings. The Kier molecular flexibility index (Phi) is 8.47. The van der Waals surface area contributed by atoms with Crippen LogP contribution in [0.2, 0.25) is 0 Å². The van der Waals surface area contributed by atoms with E-state index >= 15 is 0 Å². The van der Waals surface area contributed by atoms with Gasteiger partial charge in [-0.2, -0.15) is 0 Å². The Morgan fingerprint density at radius 2 is 1.85 bits per heavy atom. The van der Waals surface area contributed by atoms with Crippen LogP contribution in [0.5, 0.6) is 5.75 Å². The lowest BCUT2D eigenvalue weighted by Gasteiger charge is -2.08. The molecule has 0 saturated carbocycles. The molecule has 0 saturated heterocycles. The molecule has 0 aromatic heterocycles. The van der Waals surface area contributed by atoms with Crippen molar-refractivity contribution < 1.29 is 9.53 Å². The summed E-state index contributed by atoms with van der Waals surface area (Å²) >= 11 is 0. The van der Waals surface area contributed by atoms with Crippen molar-refractivity contribution >= 4 is 5.91 Å². The van der Waals surface area contributed by atoms with Crippen LogP contribution in [0.25, 0.3) is 0 Å². The molecular formula is C16H26N2O2. The maximum absolute atomic E-state index is 11.5. The molecule has 0 bridgehead atoms.